The van der Waals surface area contributed by atoms with Gasteiger partial charge in [0.25, 0.3) is 0 Å². The molecule has 3 aromatic rings. The van der Waals surface area contributed by atoms with Crippen molar-refractivity contribution >= 4 is 23.4 Å². The average molecular weight is 616 g/mol. The molecular weight excluding hydrogens is 570 g/mol. The first-order valence-corrected chi connectivity index (χ1v) is 16.4. The van der Waals surface area contributed by atoms with Crippen molar-refractivity contribution in [2.24, 2.45) is 0 Å². The number of rotatable bonds is 12. The summed E-state index contributed by atoms with van der Waals surface area (Å²) >= 11 is 6.14. The molecule has 3 atom stereocenters. The molecule has 1 saturated heterocycles. The van der Waals surface area contributed by atoms with Crippen LogP contribution >= 0.6 is 11.6 Å². The Balaban J connectivity index is 1.26. The number of carbonyl (C=O) groups excluding carboxylic acids is 2. The van der Waals surface area contributed by atoms with Crippen LogP contribution in [-0.2, 0) is 35.4 Å². The van der Waals surface area contributed by atoms with E-state index >= 15 is 0 Å². The minimum atomic E-state index is -0.648. The number of fused-ring (bicyclic) bond motifs is 1. The highest BCUT2D eigenvalue weighted by molar-refractivity contribution is 6.30. The lowest BCUT2D eigenvalue weighted by atomic mass is 9.95. The molecule has 7 nitrogen and oxygen atoms in total. The summed E-state index contributed by atoms with van der Waals surface area (Å²) in [5.74, 6) is -0.153. The van der Waals surface area contributed by atoms with Gasteiger partial charge in [0.05, 0.1) is 6.04 Å². The Morgan fingerprint density at radius 3 is 2.18 bits per heavy atom. The smallest absolute Gasteiger partial charge is 0.245 e. The maximum atomic E-state index is 14.1. The number of benzene rings is 3. The third-order valence-corrected chi connectivity index (χ3v) is 9.44. The van der Waals surface area contributed by atoms with Gasteiger partial charge in [0.2, 0.25) is 11.8 Å². The van der Waals surface area contributed by atoms with Crippen LogP contribution in [0.25, 0.3) is 0 Å². The largest absolute Gasteiger partial charge is 0.343 e. The summed E-state index contributed by atoms with van der Waals surface area (Å²) in [5, 5.41) is 7.16. The van der Waals surface area contributed by atoms with Crippen molar-refractivity contribution < 1.29 is 9.59 Å². The molecule has 2 aliphatic rings. The van der Waals surface area contributed by atoms with E-state index in [1.54, 1.807) is 0 Å². The Bertz CT molecular complexity index is 1360. The number of piperazine rings is 1. The first-order chi connectivity index (χ1) is 21.4. The van der Waals surface area contributed by atoms with Crippen molar-refractivity contribution in [3.63, 3.8) is 0 Å². The Labute approximate surface area is 267 Å². The van der Waals surface area contributed by atoms with Crippen molar-refractivity contribution in [2.45, 2.75) is 57.8 Å². The number of halogens is 1. The molecule has 1 fully saturated rings. The third-order valence-electron chi connectivity index (χ3n) is 9.19. The summed E-state index contributed by atoms with van der Waals surface area (Å²) in [6.45, 7) is 11.0. The molecule has 8 heteroatoms. The molecule has 5 rings (SSSR count). The SMILES string of the molecule is CCN(CC)CC(Cc1ccccc1)N1CCN(C(=O)C(Cc2ccc(Cl)cc2)NC(=O)C2Cc3ccccc3CN2)CC1. The zero-order valence-corrected chi connectivity index (χ0v) is 26.8. The van der Waals surface area contributed by atoms with Crippen LogP contribution in [0, 0.1) is 0 Å². The van der Waals surface area contributed by atoms with Crippen LogP contribution in [0.3, 0.4) is 0 Å². The first kappa shape index (κ1) is 32.2. The van der Waals surface area contributed by atoms with Gasteiger partial charge in [-0.25, -0.2) is 0 Å². The van der Waals surface area contributed by atoms with Crippen LogP contribution in [0.15, 0.2) is 78.9 Å². The standard InChI is InChI=1S/C36H46ClN5O2/c1-3-40(4-2)26-32(22-27-10-6-5-7-11-27)41-18-20-42(21-19-41)36(44)34(23-28-14-16-31(37)17-15-28)39-35(43)33-24-29-12-8-9-13-30(29)25-38-33/h5-17,32-34,38H,3-4,18-26H2,1-2H3,(H,39,43). The van der Waals surface area contributed by atoms with Crippen molar-refractivity contribution in [3.05, 3.63) is 106 Å². The minimum absolute atomic E-state index is 0.0208. The van der Waals surface area contributed by atoms with E-state index in [9.17, 15) is 9.59 Å². The highest BCUT2D eigenvalue weighted by Gasteiger charge is 2.33. The van der Waals surface area contributed by atoms with E-state index in [0.717, 1.165) is 44.7 Å². The van der Waals surface area contributed by atoms with Crippen LogP contribution < -0.4 is 10.6 Å². The van der Waals surface area contributed by atoms with E-state index in [4.69, 9.17) is 11.6 Å². The first-order valence-electron chi connectivity index (χ1n) is 16.1. The Morgan fingerprint density at radius 2 is 1.50 bits per heavy atom. The van der Waals surface area contributed by atoms with Crippen molar-refractivity contribution in [3.8, 4) is 0 Å². The molecule has 0 bridgehead atoms. The Kier molecular flexibility index (Phi) is 11.5. The monoisotopic (exact) mass is 615 g/mol. The van der Waals surface area contributed by atoms with E-state index < -0.39 is 6.04 Å². The Morgan fingerprint density at radius 1 is 0.864 bits per heavy atom. The molecule has 44 heavy (non-hydrogen) atoms. The third kappa shape index (κ3) is 8.48. The van der Waals surface area contributed by atoms with Crippen molar-refractivity contribution in [1.82, 2.24) is 25.3 Å². The number of hydrogen-bond acceptors (Lipinski definition) is 5. The summed E-state index contributed by atoms with van der Waals surface area (Å²) in [5.41, 5.74) is 4.70. The minimum Gasteiger partial charge on any atom is -0.343 e. The van der Waals surface area contributed by atoms with Crippen LogP contribution in [0.2, 0.25) is 5.02 Å². The lowest BCUT2D eigenvalue weighted by Gasteiger charge is -2.42. The van der Waals surface area contributed by atoms with Crippen LogP contribution in [0.5, 0.6) is 0 Å². The number of hydrogen-bond donors (Lipinski definition) is 2. The van der Waals surface area contributed by atoms with Gasteiger partial charge in [-0.2, -0.15) is 0 Å². The average Bonchev–Trinajstić information content (AvgIpc) is 3.07. The highest BCUT2D eigenvalue weighted by Crippen LogP contribution is 2.19. The van der Waals surface area contributed by atoms with Gasteiger partial charge >= 0.3 is 0 Å². The van der Waals surface area contributed by atoms with Gasteiger partial charge in [-0.05, 0) is 60.3 Å². The quantitative estimate of drug-likeness (QED) is 0.320. The van der Waals surface area contributed by atoms with Gasteiger partial charge < -0.3 is 20.4 Å². The topological polar surface area (TPSA) is 67.9 Å². The molecule has 0 spiro atoms. The lowest BCUT2D eigenvalue weighted by Crippen LogP contribution is -2.60. The molecule has 2 amide bonds. The van der Waals surface area contributed by atoms with Gasteiger partial charge in [-0.15, -0.1) is 0 Å². The molecule has 3 aromatic carbocycles. The van der Waals surface area contributed by atoms with Crippen LogP contribution in [0.4, 0.5) is 0 Å². The summed E-state index contributed by atoms with van der Waals surface area (Å²) in [4.78, 5) is 34.6. The zero-order chi connectivity index (χ0) is 30.9. The molecule has 0 saturated carbocycles. The van der Waals surface area contributed by atoms with Crippen molar-refractivity contribution in [1.29, 1.82) is 0 Å². The number of carbonyl (C=O) groups is 2. The second-order valence-electron chi connectivity index (χ2n) is 12.0. The van der Waals surface area contributed by atoms with E-state index in [1.165, 1.54) is 16.7 Å². The second-order valence-corrected chi connectivity index (χ2v) is 12.4. The summed E-state index contributed by atoms with van der Waals surface area (Å²) in [7, 11) is 0. The molecule has 2 heterocycles. The fourth-order valence-electron chi connectivity index (χ4n) is 6.47. The van der Waals surface area contributed by atoms with Crippen LogP contribution in [-0.4, -0.2) is 90.5 Å². The molecule has 234 valence electrons. The zero-order valence-electron chi connectivity index (χ0n) is 26.1. The maximum absolute atomic E-state index is 14.1. The van der Waals surface area contributed by atoms with Gasteiger partial charge in [0.1, 0.15) is 6.04 Å². The van der Waals surface area contributed by atoms with Gasteiger partial charge in [-0.1, -0.05) is 92.2 Å². The molecule has 2 aliphatic heterocycles. The second kappa shape index (κ2) is 15.7. The molecule has 0 aliphatic carbocycles. The van der Waals surface area contributed by atoms with E-state index in [1.807, 2.05) is 41.3 Å². The lowest BCUT2D eigenvalue weighted by molar-refractivity contribution is -0.138. The van der Waals surface area contributed by atoms with Crippen LogP contribution in [0.1, 0.15) is 36.1 Å². The van der Waals surface area contributed by atoms with Gasteiger partial charge in [0, 0.05) is 56.8 Å². The molecule has 2 N–H and O–H groups in total. The van der Waals surface area contributed by atoms with E-state index in [2.05, 4.69) is 76.7 Å². The number of nitrogens with one attached hydrogen (secondary N) is 2. The number of likely N-dealkylation sites (N-methyl/N-ethyl adjacent to an activating group) is 1. The maximum Gasteiger partial charge on any atom is 0.245 e. The fourth-order valence-corrected chi connectivity index (χ4v) is 6.60. The van der Waals surface area contributed by atoms with E-state index in [0.29, 0.717) is 43.5 Å². The highest BCUT2D eigenvalue weighted by atomic mass is 35.5. The number of nitrogens with zero attached hydrogens (tertiary/aromatic N) is 3. The fraction of sp³-hybridized carbons (Fsp3) is 0.444. The van der Waals surface area contributed by atoms with Gasteiger partial charge in [-0.3, -0.25) is 14.5 Å². The van der Waals surface area contributed by atoms with Crippen molar-refractivity contribution in [2.75, 3.05) is 45.8 Å². The summed E-state index contributed by atoms with van der Waals surface area (Å²) in [6.07, 6.45) is 2.01. The normalized spacial score (nSPS) is 18.5. The van der Waals surface area contributed by atoms with Gasteiger partial charge in [0.15, 0.2) is 0 Å². The van der Waals surface area contributed by atoms with E-state index in [-0.39, 0.29) is 17.9 Å². The predicted octanol–water partition coefficient (Wildman–Crippen LogP) is 4.18. The molecular formula is C36H46ClN5O2. The summed E-state index contributed by atoms with van der Waals surface area (Å²) in [6, 6.07) is 25.8. The Hall–Kier alpha value is -3.23. The summed E-state index contributed by atoms with van der Waals surface area (Å²) < 4.78 is 0. The predicted molar refractivity (Wildman–Crippen MR) is 178 cm³/mol. The number of amides is 2. The molecule has 0 radical (unpaired) electrons. The molecule has 3 unspecified atom stereocenters. The molecule has 0 aromatic heterocycles.